The fourth-order valence-corrected chi connectivity index (χ4v) is 7.77. The molecule has 11 rings (SSSR count). The van der Waals surface area contributed by atoms with E-state index in [-0.39, 0.29) is 0 Å². The highest BCUT2D eigenvalue weighted by Gasteiger charge is 2.21. The third-order valence-electron chi connectivity index (χ3n) is 10.0. The van der Waals surface area contributed by atoms with Crippen molar-refractivity contribution in [3.8, 4) is 28.7 Å². The average Bonchev–Trinajstić information content (AvgIpc) is 3.74. The van der Waals surface area contributed by atoms with Gasteiger partial charge in [0.2, 0.25) is 5.95 Å². The first kappa shape index (κ1) is 27.1. The van der Waals surface area contributed by atoms with E-state index in [9.17, 15) is 0 Å². The highest BCUT2D eigenvalue weighted by atomic mass is 16.3. The zero-order chi connectivity index (χ0) is 32.8. The van der Waals surface area contributed by atoms with Gasteiger partial charge in [-0.1, -0.05) is 127 Å². The van der Waals surface area contributed by atoms with Gasteiger partial charge in [-0.2, -0.15) is 9.97 Å². The van der Waals surface area contributed by atoms with E-state index in [4.69, 9.17) is 19.4 Å². The van der Waals surface area contributed by atoms with Crippen LogP contribution in [0.1, 0.15) is 0 Å². The molecule has 5 heteroatoms. The lowest BCUT2D eigenvalue weighted by molar-refractivity contribution is 0.669. The Hall–Kier alpha value is -6.85. The van der Waals surface area contributed by atoms with Crippen molar-refractivity contribution < 1.29 is 4.42 Å². The van der Waals surface area contributed by atoms with Crippen molar-refractivity contribution in [1.82, 2.24) is 19.5 Å². The standard InChI is InChI=1S/C45H26N4O/c1-2-12-29(13-3-1)43-46-44(31-18-22-34-30(26-31)21-25-39-40(34)35-16-8-9-17-38(35)50-39)48-45(47-43)49-36-23-19-27-10-4-6-14-32(27)41(36)42-33-15-7-5-11-28(33)20-24-37(42)49/h1-26H. The molecular weight excluding hydrogens is 613 g/mol. The first-order valence-corrected chi connectivity index (χ1v) is 16.8. The molecule has 3 aromatic heterocycles. The molecular formula is C45H26N4O. The molecule has 0 radical (unpaired) electrons. The SMILES string of the molecule is c1ccc(-c2nc(-c3ccc4c(ccc5oc6ccccc6c54)c3)nc(-n3c4ccc5ccccc5c4c4c5ccccc5ccc43)n2)cc1. The van der Waals surface area contributed by atoms with E-state index >= 15 is 0 Å². The highest BCUT2D eigenvalue weighted by molar-refractivity contribution is 6.28. The zero-order valence-corrected chi connectivity index (χ0v) is 26.7. The second-order valence-electron chi connectivity index (χ2n) is 12.8. The molecule has 8 aromatic carbocycles. The van der Waals surface area contributed by atoms with Crippen molar-refractivity contribution in [2.24, 2.45) is 0 Å². The summed E-state index contributed by atoms with van der Waals surface area (Å²) in [7, 11) is 0. The number of rotatable bonds is 3. The van der Waals surface area contributed by atoms with E-state index in [1.807, 2.05) is 30.3 Å². The van der Waals surface area contributed by atoms with Gasteiger partial charge in [-0.3, -0.25) is 4.57 Å². The predicted molar refractivity (Wildman–Crippen MR) is 205 cm³/mol. The molecule has 0 amide bonds. The summed E-state index contributed by atoms with van der Waals surface area (Å²) in [5, 5.41) is 11.7. The lowest BCUT2D eigenvalue weighted by atomic mass is 10.00. The molecule has 0 bridgehead atoms. The summed E-state index contributed by atoms with van der Waals surface area (Å²) in [6.45, 7) is 0. The van der Waals surface area contributed by atoms with Crippen LogP contribution in [0, 0.1) is 0 Å². The summed E-state index contributed by atoms with van der Waals surface area (Å²) >= 11 is 0. The van der Waals surface area contributed by atoms with Gasteiger partial charge < -0.3 is 4.42 Å². The van der Waals surface area contributed by atoms with E-state index in [1.165, 1.54) is 32.3 Å². The van der Waals surface area contributed by atoms with E-state index < -0.39 is 0 Å². The molecule has 0 spiro atoms. The molecule has 3 heterocycles. The van der Waals surface area contributed by atoms with E-state index in [1.54, 1.807) is 0 Å². The van der Waals surface area contributed by atoms with Crippen molar-refractivity contribution in [3.63, 3.8) is 0 Å². The molecule has 0 fully saturated rings. The van der Waals surface area contributed by atoms with Gasteiger partial charge in [0.1, 0.15) is 11.2 Å². The van der Waals surface area contributed by atoms with Crippen molar-refractivity contribution in [1.29, 1.82) is 0 Å². The molecule has 0 atom stereocenters. The minimum Gasteiger partial charge on any atom is -0.456 e. The van der Waals surface area contributed by atoms with Crippen LogP contribution in [0.25, 0.3) is 105 Å². The Bertz CT molecular complexity index is 3060. The van der Waals surface area contributed by atoms with Gasteiger partial charge >= 0.3 is 0 Å². The van der Waals surface area contributed by atoms with Crippen molar-refractivity contribution in [2.45, 2.75) is 0 Å². The van der Waals surface area contributed by atoms with Gasteiger partial charge in [0.25, 0.3) is 0 Å². The van der Waals surface area contributed by atoms with Crippen molar-refractivity contribution in [3.05, 3.63) is 158 Å². The molecule has 0 aliphatic carbocycles. The minimum absolute atomic E-state index is 0.579. The lowest BCUT2D eigenvalue weighted by Crippen LogP contribution is -2.06. The Morgan fingerprint density at radius 2 is 0.960 bits per heavy atom. The highest BCUT2D eigenvalue weighted by Crippen LogP contribution is 2.41. The molecule has 50 heavy (non-hydrogen) atoms. The quantitative estimate of drug-likeness (QED) is 0.193. The van der Waals surface area contributed by atoms with Crippen molar-refractivity contribution >= 4 is 76.1 Å². The van der Waals surface area contributed by atoms with E-state index in [2.05, 4.69) is 132 Å². The number of aromatic nitrogens is 4. The van der Waals surface area contributed by atoms with Gasteiger partial charge in [-0.15, -0.1) is 0 Å². The Labute approximate surface area is 285 Å². The summed E-state index contributed by atoms with van der Waals surface area (Å²) in [5.41, 5.74) is 5.73. The Morgan fingerprint density at radius 3 is 1.68 bits per heavy atom. The molecule has 0 saturated heterocycles. The summed E-state index contributed by atoms with van der Waals surface area (Å²) in [4.78, 5) is 15.6. The second kappa shape index (κ2) is 10.3. The van der Waals surface area contributed by atoms with Crippen LogP contribution in [-0.2, 0) is 0 Å². The van der Waals surface area contributed by atoms with Crippen LogP contribution in [0.4, 0.5) is 0 Å². The Balaban J connectivity index is 1.21. The van der Waals surface area contributed by atoms with E-state index in [0.717, 1.165) is 54.9 Å². The van der Waals surface area contributed by atoms with Gasteiger partial charge in [-0.05, 0) is 62.6 Å². The molecule has 5 nitrogen and oxygen atoms in total. The average molecular weight is 639 g/mol. The second-order valence-corrected chi connectivity index (χ2v) is 12.8. The topological polar surface area (TPSA) is 56.7 Å². The molecule has 0 N–H and O–H groups in total. The normalized spacial score (nSPS) is 12.0. The third-order valence-corrected chi connectivity index (χ3v) is 10.0. The van der Waals surface area contributed by atoms with Crippen LogP contribution in [0.15, 0.2) is 162 Å². The number of benzene rings is 8. The largest absolute Gasteiger partial charge is 0.456 e. The van der Waals surface area contributed by atoms with E-state index in [0.29, 0.717) is 17.6 Å². The van der Waals surface area contributed by atoms with Crippen molar-refractivity contribution in [2.75, 3.05) is 0 Å². The number of furan rings is 1. The summed E-state index contributed by atoms with van der Waals surface area (Å²) < 4.78 is 8.40. The molecule has 0 saturated carbocycles. The first-order valence-electron chi connectivity index (χ1n) is 16.8. The molecule has 0 unspecified atom stereocenters. The third kappa shape index (κ3) is 3.92. The fourth-order valence-electron chi connectivity index (χ4n) is 7.77. The summed E-state index contributed by atoms with van der Waals surface area (Å²) in [6.07, 6.45) is 0. The van der Waals surface area contributed by atoms with Crippen LogP contribution < -0.4 is 0 Å². The lowest BCUT2D eigenvalue weighted by Gasteiger charge is -2.12. The molecule has 232 valence electrons. The Kier molecular flexibility index (Phi) is 5.60. The van der Waals surface area contributed by atoms with Crippen LogP contribution in [0.3, 0.4) is 0 Å². The number of hydrogen-bond donors (Lipinski definition) is 0. The maximum absolute atomic E-state index is 6.19. The van der Waals surface area contributed by atoms with Gasteiger partial charge in [0.05, 0.1) is 11.0 Å². The van der Waals surface area contributed by atoms with Crippen LogP contribution in [-0.4, -0.2) is 19.5 Å². The van der Waals surface area contributed by atoms with Gasteiger partial charge in [-0.25, -0.2) is 4.98 Å². The zero-order valence-electron chi connectivity index (χ0n) is 26.7. The smallest absolute Gasteiger partial charge is 0.238 e. The van der Waals surface area contributed by atoms with Crippen LogP contribution in [0.2, 0.25) is 0 Å². The number of para-hydroxylation sites is 1. The summed E-state index contributed by atoms with van der Waals surface area (Å²) in [6, 6.07) is 55.0. The Morgan fingerprint density at radius 1 is 0.380 bits per heavy atom. The number of hydrogen-bond acceptors (Lipinski definition) is 4. The number of fused-ring (bicyclic) bond motifs is 12. The fraction of sp³-hybridized carbons (Fsp3) is 0. The van der Waals surface area contributed by atoms with Crippen LogP contribution in [0.5, 0.6) is 0 Å². The summed E-state index contributed by atoms with van der Waals surface area (Å²) in [5.74, 6) is 1.82. The van der Waals surface area contributed by atoms with Crippen LogP contribution >= 0.6 is 0 Å². The minimum atomic E-state index is 0.579. The first-order chi connectivity index (χ1) is 24.8. The molecule has 0 aliphatic rings. The molecule has 0 aliphatic heterocycles. The maximum atomic E-state index is 6.19. The predicted octanol–water partition coefficient (Wildman–Crippen LogP) is 11.7. The van der Waals surface area contributed by atoms with Gasteiger partial charge in [0, 0.05) is 32.7 Å². The number of nitrogens with zero attached hydrogens (tertiary/aromatic N) is 4. The van der Waals surface area contributed by atoms with Gasteiger partial charge in [0.15, 0.2) is 11.6 Å². The monoisotopic (exact) mass is 638 g/mol. The maximum Gasteiger partial charge on any atom is 0.238 e. The molecule has 11 aromatic rings.